The van der Waals surface area contributed by atoms with E-state index in [2.05, 4.69) is 36.3 Å². The third kappa shape index (κ3) is 6.28. The number of aromatic nitrogens is 2. The molecule has 1 rings (SSSR count). The van der Waals surface area contributed by atoms with Gasteiger partial charge < -0.3 is 5.32 Å². The maximum atomic E-state index is 3.90. The predicted octanol–water partition coefficient (Wildman–Crippen LogP) is 2.72. The number of rotatable bonds is 6. The molecular weight excluding hydrogens is 186 g/mol. The molecule has 0 unspecified atom stereocenters. The van der Waals surface area contributed by atoms with E-state index in [1.807, 2.05) is 6.07 Å². The van der Waals surface area contributed by atoms with Gasteiger partial charge in [0, 0.05) is 18.4 Å². The minimum Gasteiger partial charge on any atom is -0.311 e. The molecule has 0 aliphatic carbocycles. The Balaban J connectivity index is 1.94. The summed E-state index contributed by atoms with van der Waals surface area (Å²) in [6.45, 7) is 8.88. The van der Waals surface area contributed by atoms with Gasteiger partial charge in [0.2, 0.25) is 0 Å². The van der Waals surface area contributed by atoms with Crippen LogP contribution in [0.2, 0.25) is 0 Å². The summed E-state index contributed by atoms with van der Waals surface area (Å²) in [7, 11) is 0. The fourth-order valence-corrected chi connectivity index (χ4v) is 1.51. The Labute approximate surface area is 92.7 Å². The molecule has 3 nitrogen and oxygen atoms in total. The second-order valence-corrected chi connectivity index (χ2v) is 5.28. The normalized spacial score (nSPS) is 11.9. The van der Waals surface area contributed by atoms with E-state index in [1.165, 1.54) is 19.3 Å². The van der Waals surface area contributed by atoms with Gasteiger partial charge in [-0.15, -0.1) is 0 Å². The second-order valence-electron chi connectivity index (χ2n) is 5.28. The predicted molar refractivity (Wildman–Crippen MR) is 63.6 cm³/mol. The fraction of sp³-hybridized carbons (Fsp3) is 0.750. The molecule has 0 saturated carbocycles. The summed E-state index contributed by atoms with van der Waals surface area (Å²) in [6.07, 6.45) is 5.65. The average molecular weight is 209 g/mol. The molecule has 0 aliphatic heterocycles. The zero-order valence-electron chi connectivity index (χ0n) is 10.1. The quantitative estimate of drug-likeness (QED) is 0.707. The van der Waals surface area contributed by atoms with E-state index in [9.17, 15) is 0 Å². The van der Waals surface area contributed by atoms with Crippen LogP contribution in [0, 0.1) is 5.41 Å². The molecule has 0 bridgehead atoms. The monoisotopic (exact) mass is 209 g/mol. The number of hydrogen-bond donors (Lipinski definition) is 2. The van der Waals surface area contributed by atoms with Crippen molar-refractivity contribution in [2.45, 2.75) is 46.6 Å². The summed E-state index contributed by atoms with van der Waals surface area (Å²) in [5.74, 6) is 0. The Morgan fingerprint density at radius 1 is 1.33 bits per heavy atom. The SMILES string of the molecule is CC(C)(C)CCCCNCc1ccn[nH]1. The molecule has 1 aromatic heterocycles. The van der Waals surface area contributed by atoms with E-state index in [0.29, 0.717) is 5.41 Å². The van der Waals surface area contributed by atoms with Gasteiger partial charge in [0.25, 0.3) is 0 Å². The molecule has 0 aromatic carbocycles. The van der Waals surface area contributed by atoms with Crippen LogP contribution in [-0.4, -0.2) is 16.7 Å². The number of nitrogens with one attached hydrogen (secondary N) is 2. The molecule has 0 spiro atoms. The Hall–Kier alpha value is -0.830. The van der Waals surface area contributed by atoms with Gasteiger partial charge in [-0.05, 0) is 30.9 Å². The maximum absolute atomic E-state index is 3.90. The largest absolute Gasteiger partial charge is 0.311 e. The lowest BCUT2D eigenvalue weighted by Gasteiger charge is -2.17. The Bertz CT molecular complexity index is 246. The average Bonchev–Trinajstić information content (AvgIpc) is 2.61. The highest BCUT2D eigenvalue weighted by Crippen LogP contribution is 2.21. The molecule has 0 saturated heterocycles. The smallest absolute Gasteiger partial charge is 0.0490 e. The molecule has 0 aliphatic rings. The van der Waals surface area contributed by atoms with Crippen LogP contribution < -0.4 is 5.32 Å². The molecule has 15 heavy (non-hydrogen) atoms. The minimum atomic E-state index is 0.476. The Kier molecular flexibility index (Phi) is 4.82. The highest BCUT2D eigenvalue weighted by molar-refractivity contribution is 4.96. The Morgan fingerprint density at radius 2 is 2.13 bits per heavy atom. The highest BCUT2D eigenvalue weighted by atomic mass is 15.1. The van der Waals surface area contributed by atoms with Crippen molar-refractivity contribution in [3.8, 4) is 0 Å². The molecule has 0 amide bonds. The van der Waals surface area contributed by atoms with E-state index >= 15 is 0 Å². The van der Waals surface area contributed by atoms with E-state index in [1.54, 1.807) is 6.20 Å². The maximum Gasteiger partial charge on any atom is 0.0490 e. The van der Waals surface area contributed by atoms with Crippen LogP contribution in [0.5, 0.6) is 0 Å². The molecule has 1 aromatic rings. The van der Waals surface area contributed by atoms with Crippen LogP contribution in [0.15, 0.2) is 12.3 Å². The van der Waals surface area contributed by atoms with E-state index in [0.717, 1.165) is 18.8 Å². The lowest BCUT2D eigenvalue weighted by molar-refractivity contribution is 0.358. The molecule has 3 heteroatoms. The third-order valence-corrected chi connectivity index (χ3v) is 2.40. The number of hydrogen-bond acceptors (Lipinski definition) is 2. The van der Waals surface area contributed by atoms with Crippen molar-refractivity contribution in [3.63, 3.8) is 0 Å². The molecule has 0 fully saturated rings. The van der Waals surface area contributed by atoms with Gasteiger partial charge in [0.1, 0.15) is 0 Å². The summed E-state index contributed by atoms with van der Waals surface area (Å²) in [5, 5.41) is 10.2. The fourth-order valence-electron chi connectivity index (χ4n) is 1.51. The summed E-state index contributed by atoms with van der Waals surface area (Å²) in [4.78, 5) is 0. The van der Waals surface area contributed by atoms with E-state index < -0.39 is 0 Å². The Morgan fingerprint density at radius 3 is 2.73 bits per heavy atom. The number of nitrogens with zero attached hydrogens (tertiary/aromatic N) is 1. The van der Waals surface area contributed by atoms with E-state index in [4.69, 9.17) is 0 Å². The summed E-state index contributed by atoms with van der Waals surface area (Å²) < 4.78 is 0. The first-order chi connectivity index (χ1) is 7.08. The van der Waals surface area contributed by atoms with Gasteiger partial charge in [-0.25, -0.2) is 0 Å². The molecule has 86 valence electrons. The molecule has 1 heterocycles. The molecular formula is C12H23N3. The van der Waals surface area contributed by atoms with Crippen LogP contribution in [0.3, 0.4) is 0 Å². The van der Waals surface area contributed by atoms with Crippen molar-refractivity contribution in [2.75, 3.05) is 6.54 Å². The van der Waals surface area contributed by atoms with Crippen LogP contribution in [0.4, 0.5) is 0 Å². The number of aromatic amines is 1. The zero-order chi connectivity index (χ0) is 11.1. The standard InChI is InChI=1S/C12H23N3/c1-12(2,3)7-4-5-8-13-10-11-6-9-14-15-11/h6,9,13H,4-5,7-8,10H2,1-3H3,(H,14,15). The number of unbranched alkanes of at least 4 members (excludes halogenated alkanes) is 1. The van der Waals surface area contributed by atoms with Gasteiger partial charge >= 0.3 is 0 Å². The lowest BCUT2D eigenvalue weighted by atomic mass is 9.90. The first-order valence-electron chi connectivity index (χ1n) is 5.77. The minimum absolute atomic E-state index is 0.476. The zero-order valence-corrected chi connectivity index (χ0v) is 10.1. The van der Waals surface area contributed by atoms with Gasteiger partial charge in [-0.1, -0.05) is 27.2 Å². The molecule has 0 radical (unpaired) electrons. The van der Waals surface area contributed by atoms with Crippen LogP contribution in [-0.2, 0) is 6.54 Å². The summed E-state index contributed by atoms with van der Waals surface area (Å²) in [5.41, 5.74) is 1.63. The lowest BCUT2D eigenvalue weighted by Crippen LogP contribution is -2.15. The van der Waals surface area contributed by atoms with Crippen molar-refractivity contribution >= 4 is 0 Å². The highest BCUT2D eigenvalue weighted by Gasteiger charge is 2.08. The summed E-state index contributed by atoms with van der Waals surface area (Å²) in [6, 6.07) is 2.00. The first-order valence-corrected chi connectivity index (χ1v) is 5.77. The van der Waals surface area contributed by atoms with Crippen molar-refractivity contribution in [1.82, 2.24) is 15.5 Å². The van der Waals surface area contributed by atoms with Gasteiger partial charge in [-0.2, -0.15) is 5.10 Å². The van der Waals surface area contributed by atoms with Crippen molar-refractivity contribution in [3.05, 3.63) is 18.0 Å². The van der Waals surface area contributed by atoms with Crippen molar-refractivity contribution in [1.29, 1.82) is 0 Å². The third-order valence-electron chi connectivity index (χ3n) is 2.40. The van der Waals surface area contributed by atoms with Crippen molar-refractivity contribution in [2.24, 2.45) is 5.41 Å². The van der Waals surface area contributed by atoms with Gasteiger partial charge in [0.05, 0.1) is 0 Å². The van der Waals surface area contributed by atoms with Gasteiger partial charge in [0.15, 0.2) is 0 Å². The van der Waals surface area contributed by atoms with Crippen molar-refractivity contribution < 1.29 is 0 Å². The molecule has 2 N–H and O–H groups in total. The second kappa shape index (κ2) is 5.91. The molecule has 0 atom stereocenters. The van der Waals surface area contributed by atoms with Crippen LogP contribution in [0.1, 0.15) is 45.7 Å². The van der Waals surface area contributed by atoms with Crippen LogP contribution >= 0.6 is 0 Å². The van der Waals surface area contributed by atoms with Crippen LogP contribution in [0.25, 0.3) is 0 Å². The van der Waals surface area contributed by atoms with E-state index in [-0.39, 0.29) is 0 Å². The topological polar surface area (TPSA) is 40.7 Å². The first kappa shape index (κ1) is 12.2. The van der Waals surface area contributed by atoms with Gasteiger partial charge in [-0.3, -0.25) is 5.10 Å². The number of H-pyrrole nitrogens is 1. The summed E-state index contributed by atoms with van der Waals surface area (Å²) >= 11 is 0.